The van der Waals surface area contributed by atoms with Crippen LogP contribution in [0.4, 0.5) is 13.2 Å². The number of alkyl halides is 3. The molecule has 6 nitrogen and oxygen atoms in total. The molecule has 0 aliphatic carbocycles. The molecule has 1 rings (SSSR count). The Morgan fingerprint density at radius 3 is 2.59 bits per heavy atom. The van der Waals surface area contributed by atoms with Crippen molar-refractivity contribution >= 4 is 21.8 Å². The largest absolute Gasteiger partial charge is 0.400 e. The Hall–Kier alpha value is -1.32. The van der Waals surface area contributed by atoms with Gasteiger partial charge in [0.1, 0.15) is 12.5 Å². The monoisotopic (exact) mass is 344 g/mol. The van der Waals surface area contributed by atoms with Gasteiger partial charge in [-0.05, 0) is 19.3 Å². The molecule has 0 radical (unpaired) electrons. The third kappa shape index (κ3) is 5.47. The molecule has 1 aliphatic heterocycles. The van der Waals surface area contributed by atoms with Crippen molar-refractivity contribution in [2.45, 2.75) is 38.8 Å². The van der Waals surface area contributed by atoms with Crippen LogP contribution >= 0.6 is 0 Å². The third-order valence-electron chi connectivity index (χ3n) is 3.30. The van der Waals surface area contributed by atoms with E-state index in [1.807, 2.05) is 0 Å². The van der Waals surface area contributed by atoms with Crippen LogP contribution in [0.5, 0.6) is 0 Å². The first-order valence-electron chi connectivity index (χ1n) is 6.95. The second-order valence-electron chi connectivity index (χ2n) is 5.19. The van der Waals surface area contributed by atoms with Gasteiger partial charge in [0, 0.05) is 6.54 Å². The van der Waals surface area contributed by atoms with Gasteiger partial charge in [-0.25, -0.2) is 8.42 Å². The number of piperidine rings is 1. The molecule has 1 saturated heterocycles. The van der Waals surface area contributed by atoms with Gasteiger partial charge in [0.2, 0.25) is 15.9 Å². The highest BCUT2D eigenvalue weighted by atomic mass is 32.2. The van der Waals surface area contributed by atoms with Gasteiger partial charge < -0.3 is 4.90 Å². The van der Waals surface area contributed by atoms with Gasteiger partial charge in [-0.15, -0.1) is 0 Å². The molecule has 1 fully saturated rings. The zero-order valence-corrected chi connectivity index (χ0v) is 13.0. The predicted octanol–water partition coefficient (Wildman–Crippen LogP) is 1.03. The lowest BCUT2D eigenvalue weighted by Gasteiger charge is -2.32. The molecular formula is C12H19F3N2O4S. The lowest BCUT2D eigenvalue weighted by atomic mass is 9.96. The van der Waals surface area contributed by atoms with E-state index in [2.05, 4.69) is 0 Å². The Morgan fingerprint density at radius 2 is 2.05 bits per heavy atom. The smallest absolute Gasteiger partial charge is 0.333 e. The van der Waals surface area contributed by atoms with E-state index in [9.17, 15) is 31.2 Å². The van der Waals surface area contributed by atoms with Gasteiger partial charge in [-0.3, -0.25) is 14.3 Å². The first-order chi connectivity index (χ1) is 10.1. The first-order valence-corrected chi connectivity index (χ1v) is 8.61. The zero-order valence-electron chi connectivity index (χ0n) is 12.1. The van der Waals surface area contributed by atoms with Crippen molar-refractivity contribution in [2.24, 2.45) is 5.92 Å². The Balaban J connectivity index is 2.62. The van der Waals surface area contributed by atoms with E-state index in [1.54, 1.807) is 11.6 Å². The minimum atomic E-state index is -4.65. The summed E-state index contributed by atoms with van der Waals surface area (Å²) in [4.78, 5) is 24.1. The highest BCUT2D eigenvalue weighted by molar-refractivity contribution is 7.90. The molecular weight excluding hydrogens is 325 g/mol. The molecule has 1 atom stereocenters. The van der Waals surface area contributed by atoms with Crippen molar-refractivity contribution in [2.75, 3.05) is 18.8 Å². The van der Waals surface area contributed by atoms with Crippen LogP contribution in [0.15, 0.2) is 0 Å². The fourth-order valence-corrected chi connectivity index (χ4v) is 3.35. The van der Waals surface area contributed by atoms with Crippen molar-refractivity contribution in [3.05, 3.63) is 0 Å². The number of unbranched alkanes of at least 4 members (excludes halogenated alkanes) is 1. The van der Waals surface area contributed by atoms with Crippen LogP contribution in [0, 0.1) is 5.92 Å². The lowest BCUT2D eigenvalue weighted by Crippen LogP contribution is -2.50. The van der Waals surface area contributed by atoms with Gasteiger partial charge in [-0.2, -0.15) is 13.2 Å². The number of hydrogen-bond acceptors (Lipinski definition) is 4. The molecule has 1 aliphatic rings. The van der Waals surface area contributed by atoms with Crippen molar-refractivity contribution in [3.63, 3.8) is 0 Å². The fourth-order valence-electron chi connectivity index (χ4n) is 2.17. The number of likely N-dealkylation sites (tertiary alicyclic amines) is 1. The zero-order chi connectivity index (χ0) is 17.0. The SMILES string of the molecule is CCCCS(=O)(=O)NC(=O)CN1CCCC(C(F)(F)F)C1=O. The number of halogens is 3. The minimum absolute atomic E-state index is 0.00778. The molecule has 1 heterocycles. The predicted molar refractivity (Wildman–Crippen MR) is 72.2 cm³/mol. The van der Waals surface area contributed by atoms with Crippen molar-refractivity contribution in [1.82, 2.24) is 9.62 Å². The van der Waals surface area contributed by atoms with E-state index < -0.39 is 40.5 Å². The summed E-state index contributed by atoms with van der Waals surface area (Å²) in [6.45, 7) is 1.10. The quantitative estimate of drug-likeness (QED) is 0.780. The number of sulfonamides is 1. The standard InChI is InChI=1S/C12H19F3N2O4S/c1-2-3-7-22(20,21)16-10(18)8-17-6-4-5-9(11(17)19)12(13,14)15/h9H,2-8H2,1H3,(H,16,18). The first kappa shape index (κ1) is 18.7. The maximum absolute atomic E-state index is 12.7. The second-order valence-corrected chi connectivity index (χ2v) is 7.04. The summed E-state index contributed by atoms with van der Waals surface area (Å²) in [5.41, 5.74) is 0. The van der Waals surface area contributed by atoms with Gasteiger partial charge >= 0.3 is 6.18 Å². The van der Waals surface area contributed by atoms with Gasteiger partial charge in [0.25, 0.3) is 5.91 Å². The molecule has 0 aromatic rings. The van der Waals surface area contributed by atoms with E-state index >= 15 is 0 Å². The van der Waals surface area contributed by atoms with Gasteiger partial charge in [0.15, 0.2) is 0 Å². The van der Waals surface area contributed by atoms with E-state index in [0.29, 0.717) is 12.8 Å². The van der Waals surface area contributed by atoms with Gasteiger partial charge in [0.05, 0.1) is 5.75 Å². The molecule has 0 bridgehead atoms. The van der Waals surface area contributed by atoms with Crippen LogP contribution in [0.3, 0.4) is 0 Å². The summed E-state index contributed by atoms with van der Waals surface area (Å²) in [5.74, 6) is -4.54. The van der Waals surface area contributed by atoms with Crippen molar-refractivity contribution in [1.29, 1.82) is 0 Å². The third-order valence-corrected chi connectivity index (χ3v) is 4.66. The van der Waals surface area contributed by atoms with Crippen LogP contribution in [0.2, 0.25) is 0 Å². The number of amides is 2. The molecule has 0 aromatic carbocycles. The average Bonchev–Trinajstić information content (AvgIpc) is 2.37. The van der Waals surface area contributed by atoms with Crippen LogP contribution in [-0.2, 0) is 19.6 Å². The maximum atomic E-state index is 12.7. The molecule has 128 valence electrons. The molecule has 0 saturated carbocycles. The molecule has 2 amide bonds. The van der Waals surface area contributed by atoms with E-state index in [4.69, 9.17) is 0 Å². The van der Waals surface area contributed by atoms with E-state index in [0.717, 1.165) is 4.90 Å². The number of nitrogens with zero attached hydrogens (tertiary/aromatic N) is 1. The summed E-state index contributed by atoms with van der Waals surface area (Å²) < 4.78 is 62.8. The minimum Gasteiger partial charge on any atom is -0.333 e. The number of hydrogen-bond donors (Lipinski definition) is 1. The Labute approximate surface area is 127 Å². The van der Waals surface area contributed by atoms with Crippen molar-refractivity contribution < 1.29 is 31.2 Å². The van der Waals surface area contributed by atoms with Gasteiger partial charge in [-0.1, -0.05) is 13.3 Å². The summed E-state index contributed by atoms with van der Waals surface area (Å²) >= 11 is 0. The fraction of sp³-hybridized carbons (Fsp3) is 0.833. The number of carbonyl (C=O) groups is 2. The van der Waals surface area contributed by atoms with Crippen LogP contribution in [-0.4, -0.2) is 50.2 Å². The van der Waals surface area contributed by atoms with E-state index in [1.165, 1.54) is 0 Å². The second kappa shape index (κ2) is 7.30. The summed E-state index contributed by atoms with van der Waals surface area (Å²) in [5, 5.41) is 0. The Kier molecular flexibility index (Phi) is 6.21. The molecule has 1 N–H and O–H groups in total. The Morgan fingerprint density at radius 1 is 1.41 bits per heavy atom. The molecule has 1 unspecified atom stereocenters. The normalized spacial score (nSPS) is 20.1. The molecule has 0 aromatic heterocycles. The van der Waals surface area contributed by atoms with Crippen LogP contribution in [0.1, 0.15) is 32.6 Å². The number of rotatable bonds is 6. The van der Waals surface area contributed by atoms with Crippen LogP contribution < -0.4 is 4.72 Å². The summed E-state index contributed by atoms with van der Waals surface area (Å²) in [7, 11) is -3.81. The summed E-state index contributed by atoms with van der Waals surface area (Å²) in [6.07, 6.45) is -3.87. The molecule has 22 heavy (non-hydrogen) atoms. The average molecular weight is 344 g/mol. The Bertz CT molecular complexity index is 519. The van der Waals surface area contributed by atoms with Crippen LogP contribution in [0.25, 0.3) is 0 Å². The van der Waals surface area contributed by atoms with E-state index in [-0.39, 0.29) is 25.1 Å². The molecule has 0 spiro atoms. The highest BCUT2D eigenvalue weighted by Crippen LogP contribution is 2.33. The lowest BCUT2D eigenvalue weighted by molar-refractivity contribution is -0.195. The topological polar surface area (TPSA) is 83.6 Å². The maximum Gasteiger partial charge on any atom is 0.400 e. The highest BCUT2D eigenvalue weighted by Gasteiger charge is 2.48. The number of nitrogens with one attached hydrogen (secondary N) is 1. The molecule has 10 heteroatoms. The number of carbonyl (C=O) groups excluding carboxylic acids is 2. The van der Waals surface area contributed by atoms with Crippen molar-refractivity contribution in [3.8, 4) is 0 Å². The summed E-state index contributed by atoms with van der Waals surface area (Å²) in [6, 6.07) is 0.